The number of rotatable bonds is 4. The third-order valence-electron chi connectivity index (χ3n) is 4.77. The summed E-state index contributed by atoms with van der Waals surface area (Å²) in [6, 6.07) is 4.40. The zero-order chi connectivity index (χ0) is 16.4. The molecule has 0 radical (unpaired) electrons. The minimum Gasteiger partial charge on any atom is -0.354 e. The molecule has 0 unspecified atom stereocenters. The number of piperidine rings is 1. The number of likely N-dealkylation sites (tertiary alicyclic amines) is 1. The van der Waals surface area contributed by atoms with Crippen LogP contribution < -0.4 is 5.32 Å². The molecule has 0 aliphatic carbocycles. The van der Waals surface area contributed by atoms with Gasteiger partial charge >= 0.3 is 0 Å². The van der Waals surface area contributed by atoms with Gasteiger partial charge in [0.1, 0.15) is 5.69 Å². The van der Waals surface area contributed by atoms with Gasteiger partial charge in [-0.3, -0.25) is 9.69 Å². The minimum absolute atomic E-state index is 0.0283. The Labute approximate surface area is 141 Å². The topological polar surface area (TPSA) is 50.2 Å². The van der Waals surface area contributed by atoms with Gasteiger partial charge in [-0.2, -0.15) is 0 Å². The van der Waals surface area contributed by atoms with Gasteiger partial charge in [0.2, 0.25) is 0 Å². The standard InChI is InChI=1S/C17H24N4OS/c1-12-16(23-11-19-12)10-21-9-5-4-6-14(21)13-7-8-15(20(13)3)17(22)18-2/h7-8,11,14H,4-6,9-10H2,1-3H3,(H,18,22)/t14-/m0/s1. The molecule has 5 nitrogen and oxygen atoms in total. The Hall–Kier alpha value is -1.66. The fourth-order valence-corrected chi connectivity index (χ4v) is 4.20. The fraction of sp³-hybridized carbons (Fsp3) is 0.529. The lowest BCUT2D eigenvalue weighted by Gasteiger charge is -2.36. The highest BCUT2D eigenvalue weighted by atomic mass is 32.1. The van der Waals surface area contributed by atoms with Crippen LogP contribution in [0.1, 0.15) is 52.1 Å². The van der Waals surface area contributed by atoms with E-state index >= 15 is 0 Å². The molecule has 3 rings (SSSR count). The van der Waals surface area contributed by atoms with Crippen LogP contribution in [0.5, 0.6) is 0 Å². The van der Waals surface area contributed by atoms with Crippen LogP contribution in [0.25, 0.3) is 0 Å². The molecule has 1 fully saturated rings. The van der Waals surface area contributed by atoms with E-state index in [1.54, 1.807) is 18.4 Å². The molecule has 2 aromatic rings. The van der Waals surface area contributed by atoms with Gasteiger partial charge in [0.05, 0.1) is 17.2 Å². The summed E-state index contributed by atoms with van der Waals surface area (Å²) < 4.78 is 2.04. The van der Waals surface area contributed by atoms with E-state index < -0.39 is 0 Å². The molecule has 2 aromatic heterocycles. The molecule has 1 saturated heterocycles. The number of amides is 1. The van der Waals surface area contributed by atoms with Gasteiger partial charge < -0.3 is 9.88 Å². The van der Waals surface area contributed by atoms with E-state index in [1.807, 2.05) is 23.2 Å². The first-order valence-corrected chi connectivity index (χ1v) is 9.00. The van der Waals surface area contributed by atoms with E-state index in [-0.39, 0.29) is 5.91 Å². The van der Waals surface area contributed by atoms with Crippen molar-refractivity contribution in [2.24, 2.45) is 7.05 Å². The zero-order valence-corrected chi connectivity index (χ0v) is 14.8. The van der Waals surface area contributed by atoms with Crippen molar-refractivity contribution in [2.45, 2.75) is 38.8 Å². The first-order valence-electron chi connectivity index (χ1n) is 8.12. The van der Waals surface area contributed by atoms with Crippen LogP contribution in [0.2, 0.25) is 0 Å². The second-order valence-electron chi connectivity index (χ2n) is 6.12. The first kappa shape index (κ1) is 16.2. The summed E-state index contributed by atoms with van der Waals surface area (Å²) >= 11 is 1.73. The monoisotopic (exact) mass is 332 g/mol. The van der Waals surface area contributed by atoms with E-state index in [2.05, 4.69) is 28.2 Å². The molecular weight excluding hydrogens is 308 g/mol. The van der Waals surface area contributed by atoms with Crippen molar-refractivity contribution in [2.75, 3.05) is 13.6 Å². The van der Waals surface area contributed by atoms with Crippen molar-refractivity contribution in [3.8, 4) is 0 Å². The molecule has 0 aromatic carbocycles. The van der Waals surface area contributed by atoms with E-state index in [0.29, 0.717) is 6.04 Å². The zero-order valence-electron chi connectivity index (χ0n) is 14.0. The smallest absolute Gasteiger partial charge is 0.267 e. The van der Waals surface area contributed by atoms with Crippen molar-refractivity contribution < 1.29 is 4.79 Å². The molecule has 1 atom stereocenters. The van der Waals surface area contributed by atoms with Crippen LogP contribution in [0, 0.1) is 6.92 Å². The normalized spacial score (nSPS) is 19.0. The number of aromatic nitrogens is 2. The Morgan fingerprint density at radius 2 is 2.26 bits per heavy atom. The summed E-state index contributed by atoms with van der Waals surface area (Å²) in [5, 5.41) is 2.71. The molecule has 0 spiro atoms. The Morgan fingerprint density at radius 3 is 2.96 bits per heavy atom. The molecule has 0 saturated carbocycles. The van der Waals surface area contributed by atoms with Crippen LogP contribution in [-0.2, 0) is 13.6 Å². The lowest BCUT2D eigenvalue weighted by Crippen LogP contribution is -2.34. The predicted octanol–water partition coefficient (Wildman–Crippen LogP) is 2.88. The molecule has 23 heavy (non-hydrogen) atoms. The molecule has 3 heterocycles. The van der Waals surface area contributed by atoms with Crippen LogP contribution >= 0.6 is 11.3 Å². The largest absolute Gasteiger partial charge is 0.354 e. The van der Waals surface area contributed by atoms with E-state index in [1.165, 1.54) is 23.4 Å². The second-order valence-corrected chi connectivity index (χ2v) is 7.06. The Kier molecular flexibility index (Phi) is 4.82. The maximum atomic E-state index is 12.0. The van der Waals surface area contributed by atoms with E-state index in [0.717, 1.165) is 30.9 Å². The van der Waals surface area contributed by atoms with Crippen molar-refractivity contribution in [1.82, 2.24) is 19.8 Å². The summed E-state index contributed by atoms with van der Waals surface area (Å²) in [6.45, 7) is 4.13. The number of nitrogens with one attached hydrogen (secondary N) is 1. The van der Waals surface area contributed by atoms with Crippen molar-refractivity contribution in [3.63, 3.8) is 0 Å². The second kappa shape index (κ2) is 6.84. The number of thiazole rings is 1. The number of nitrogens with zero attached hydrogens (tertiary/aromatic N) is 3. The van der Waals surface area contributed by atoms with Crippen molar-refractivity contribution >= 4 is 17.2 Å². The van der Waals surface area contributed by atoms with Crippen molar-refractivity contribution in [3.05, 3.63) is 39.6 Å². The van der Waals surface area contributed by atoms with Gasteiger partial charge in [-0.1, -0.05) is 6.42 Å². The predicted molar refractivity (Wildman–Crippen MR) is 92.7 cm³/mol. The maximum absolute atomic E-state index is 12.0. The third-order valence-corrected chi connectivity index (χ3v) is 5.69. The first-order chi connectivity index (χ1) is 11.1. The highest BCUT2D eigenvalue weighted by Crippen LogP contribution is 2.33. The molecule has 1 aliphatic heterocycles. The number of hydrogen-bond donors (Lipinski definition) is 1. The Morgan fingerprint density at radius 1 is 1.43 bits per heavy atom. The molecule has 1 amide bonds. The minimum atomic E-state index is -0.0283. The van der Waals surface area contributed by atoms with E-state index in [4.69, 9.17) is 0 Å². The molecule has 124 valence electrons. The van der Waals surface area contributed by atoms with Crippen LogP contribution in [0.15, 0.2) is 17.6 Å². The van der Waals surface area contributed by atoms with Crippen LogP contribution in [0.3, 0.4) is 0 Å². The summed E-state index contributed by atoms with van der Waals surface area (Å²) in [6.07, 6.45) is 3.62. The fourth-order valence-electron chi connectivity index (χ4n) is 3.40. The molecule has 1 N–H and O–H groups in total. The van der Waals surface area contributed by atoms with Crippen LogP contribution in [0.4, 0.5) is 0 Å². The quantitative estimate of drug-likeness (QED) is 0.936. The van der Waals surface area contributed by atoms with Gasteiger partial charge in [0, 0.05) is 31.2 Å². The molecule has 0 bridgehead atoms. The summed E-state index contributed by atoms with van der Waals surface area (Å²) in [4.78, 5) is 20.2. The number of hydrogen-bond acceptors (Lipinski definition) is 4. The summed E-state index contributed by atoms with van der Waals surface area (Å²) in [7, 11) is 3.67. The third kappa shape index (κ3) is 3.19. The number of aryl methyl sites for hydroxylation is 1. The average molecular weight is 332 g/mol. The van der Waals surface area contributed by atoms with Gasteiger partial charge in [-0.25, -0.2) is 4.98 Å². The van der Waals surface area contributed by atoms with Gasteiger partial charge in [0.25, 0.3) is 5.91 Å². The van der Waals surface area contributed by atoms with Crippen LogP contribution in [-0.4, -0.2) is 34.0 Å². The van der Waals surface area contributed by atoms with Gasteiger partial charge in [0.15, 0.2) is 0 Å². The number of carbonyl (C=O) groups excluding carboxylic acids is 1. The number of carbonyl (C=O) groups is 1. The lowest BCUT2D eigenvalue weighted by molar-refractivity contribution is 0.0952. The molecule has 1 aliphatic rings. The highest BCUT2D eigenvalue weighted by molar-refractivity contribution is 7.09. The van der Waals surface area contributed by atoms with Gasteiger partial charge in [-0.05, 0) is 38.4 Å². The van der Waals surface area contributed by atoms with Gasteiger partial charge in [-0.15, -0.1) is 11.3 Å². The summed E-state index contributed by atoms with van der Waals surface area (Å²) in [5.74, 6) is -0.0283. The van der Waals surface area contributed by atoms with Crippen molar-refractivity contribution in [1.29, 1.82) is 0 Å². The SMILES string of the molecule is CNC(=O)c1ccc([C@@H]2CCCCN2Cc2scnc2C)n1C. The Bertz CT molecular complexity index is 691. The highest BCUT2D eigenvalue weighted by Gasteiger charge is 2.28. The molecular formula is C17H24N4OS. The Balaban J connectivity index is 1.85. The van der Waals surface area contributed by atoms with E-state index in [9.17, 15) is 4.79 Å². The lowest BCUT2D eigenvalue weighted by atomic mass is 9.99. The molecule has 6 heteroatoms. The average Bonchev–Trinajstić information content (AvgIpc) is 3.14. The maximum Gasteiger partial charge on any atom is 0.267 e. The summed E-state index contributed by atoms with van der Waals surface area (Å²) in [5.41, 5.74) is 5.01.